The maximum atomic E-state index is 13.7. The smallest absolute Gasteiger partial charge is 0.236 e. The van der Waals surface area contributed by atoms with E-state index in [4.69, 9.17) is 4.74 Å². The molecule has 12 heteroatoms. The first-order valence-electron chi connectivity index (χ1n) is 15.1. The minimum atomic E-state index is -0.929. The van der Waals surface area contributed by atoms with Crippen molar-refractivity contribution >= 4 is 39.6 Å². The van der Waals surface area contributed by atoms with Gasteiger partial charge in [-0.25, -0.2) is 9.97 Å². The van der Waals surface area contributed by atoms with Crippen molar-refractivity contribution in [1.82, 2.24) is 34.9 Å². The number of nitrogens with one attached hydrogen (secondary N) is 1. The highest BCUT2D eigenvalue weighted by Gasteiger charge is 2.45. The predicted octanol–water partition coefficient (Wildman–Crippen LogP) is 3.69. The topological polar surface area (TPSA) is 120 Å². The third-order valence-corrected chi connectivity index (χ3v) is 9.69. The third kappa shape index (κ3) is 5.96. The van der Waals surface area contributed by atoms with Crippen LogP contribution in [0.3, 0.4) is 0 Å². The van der Waals surface area contributed by atoms with Gasteiger partial charge in [-0.1, -0.05) is 6.07 Å². The molecule has 2 aromatic carbocycles. The van der Waals surface area contributed by atoms with Gasteiger partial charge in [0, 0.05) is 88.0 Å². The molecule has 0 unspecified atom stereocenters. The summed E-state index contributed by atoms with van der Waals surface area (Å²) in [6.07, 6.45) is 6.09. The van der Waals surface area contributed by atoms with Gasteiger partial charge in [-0.15, -0.1) is 11.3 Å². The van der Waals surface area contributed by atoms with Gasteiger partial charge >= 0.3 is 0 Å². The predicted molar refractivity (Wildman–Crippen MR) is 173 cm³/mol. The fraction of sp³-hybridized carbons (Fsp3) is 0.333. The van der Waals surface area contributed by atoms with Gasteiger partial charge in [0.05, 0.1) is 22.4 Å². The van der Waals surface area contributed by atoms with E-state index in [1.54, 1.807) is 37.3 Å². The number of rotatable bonds is 9. The largest absolute Gasteiger partial charge is 0.369 e. The minimum absolute atomic E-state index is 0.0283. The van der Waals surface area contributed by atoms with Gasteiger partial charge in [-0.3, -0.25) is 24.6 Å². The Labute approximate surface area is 264 Å². The first kappa shape index (κ1) is 29.2. The number of Topliss-reactive ketones (excluding diaryl/α,β-unsaturated/α-hetero) is 1. The van der Waals surface area contributed by atoms with Crippen molar-refractivity contribution < 1.29 is 14.3 Å². The highest BCUT2D eigenvalue weighted by molar-refractivity contribution is 7.13. The van der Waals surface area contributed by atoms with Gasteiger partial charge in [0.2, 0.25) is 5.91 Å². The fourth-order valence-electron chi connectivity index (χ4n) is 6.31. The number of hydrogen-bond donors (Lipinski definition) is 1. The Morgan fingerprint density at radius 1 is 1.02 bits per heavy atom. The molecule has 5 aromatic rings. The molecule has 0 aliphatic carbocycles. The number of H-pyrrole nitrogens is 1. The molecule has 0 saturated carbocycles. The van der Waals surface area contributed by atoms with Crippen molar-refractivity contribution in [2.24, 2.45) is 0 Å². The maximum absolute atomic E-state index is 13.7. The van der Waals surface area contributed by atoms with Crippen molar-refractivity contribution in [2.75, 3.05) is 57.8 Å². The van der Waals surface area contributed by atoms with Crippen LogP contribution in [-0.2, 0) is 20.7 Å². The van der Waals surface area contributed by atoms with Crippen molar-refractivity contribution in [2.45, 2.75) is 18.4 Å². The van der Waals surface area contributed by atoms with E-state index < -0.39 is 5.60 Å². The summed E-state index contributed by atoms with van der Waals surface area (Å²) in [6, 6.07) is 16.0. The second-order valence-corrected chi connectivity index (χ2v) is 12.5. The van der Waals surface area contributed by atoms with Crippen LogP contribution in [0.4, 0.5) is 5.69 Å². The molecule has 0 bridgehead atoms. The Bertz CT molecular complexity index is 1790. The number of nitrogens with zero attached hydrogens (tertiary/aromatic N) is 7. The number of hydrogen-bond acceptors (Lipinski definition) is 10. The number of carbonyl (C=O) groups is 2. The number of fused-ring (bicyclic) bond motifs is 1. The first-order chi connectivity index (χ1) is 22.0. The number of methoxy groups -OCH3 is 1. The summed E-state index contributed by atoms with van der Waals surface area (Å²) < 4.78 is 5.89. The lowest BCUT2D eigenvalue weighted by Crippen LogP contribution is -2.51. The molecule has 1 N–H and O–H groups in total. The molecule has 230 valence electrons. The Morgan fingerprint density at radius 2 is 1.82 bits per heavy atom. The number of piperazine rings is 1. The van der Waals surface area contributed by atoms with E-state index in [1.165, 1.54) is 11.3 Å². The molecule has 0 spiro atoms. The summed E-state index contributed by atoms with van der Waals surface area (Å²) in [4.78, 5) is 47.0. The van der Waals surface area contributed by atoms with E-state index in [0.717, 1.165) is 51.4 Å². The van der Waals surface area contributed by atoms with E-state index in [-0.39, 0.29) is 24.7 Å². The Kier molecular flexibility index (Phi) is 8.09. The quantitative estimate of drug-likeness (QED) is 0.262. The summed E-state index contributed by atoms with van der Waals surface area (Å²) >= 11 is 1.53. The summed E-state index contributed by atoms with van der Waals surface area (Å²) in [5.41, 5.74) is 5.61. The molecule has 0 radical (unpaired) electrons. The molecule has 45 heavy (non-hydrogen) atoms. The first-order valence-corrected chi connectivity index (χ1v) is 16.0. The van der Waals surface area contributed by atoms with Gasteiger partial charge in [-0.05, 0) is 54.4 Å². The maximum Gasteiger partial charge on any atom is 0.236 e. The lowest BCUT2D eigenvalue weighted by molar-refractivity contribution is -0.140. The molecule has 2 aliphatic rings. The Morgan fingerprint density at radius 3 is 2.56 bits per heavy atom. The number of likely N-dealkylation sites (tertiary alicyclic amines) is 1. The van der Waals surface area contributed by atoms with Crippen LogP contribution >= 0.6 is 11.3 Å². The zero-order chi connectivity index (χ0) is 30.8. The van der Waals surface area contributed by atoms with Crippen molar-refractivity contribution in [3.63, 3.8) is 0 Å². The molecule has 2 saturated heterocycles. The van der Waals surface area contributed by atoms with Crippen LogP contribution in [0.5, 0.6) is 0 Å². The number of thiazole rings is 1. The van der Waals surface area contributed by atoms with Crippen LogP contribution in [0.25, 0.3) is 32.9 Å². The van der Waals surface area contributed by atoms with Crippen LogP contribution in [0, 0.1) is 0 Å². The average Bonchev–Trinajstić information content (AvgIpc) is 3.86. The number of anilines is 1. The number of benzene rings is 2. The second kappa shape index (κ2) is 12.5. The van der Waals surface area contributed by atoms with Crippen LogP contribution < -0.4 is 4.90 Å². The van der Waals surface area contributed by atoms with Gasteiger partial charge in [0.25, 0.3) is 0 Å². The molecule has 2 fully saturated rings. The van der Waals surface area contributed by atoms with Crippen LogP contribution in [0.2, 0.25) is 0 Å². The Hall–Kier alpha value is -4.52. The monoisotopic (exact) mass is 622 g/mol. The van der Waals surface area contributed by atoms with Crippen molar-refractivity contribution in [3.05, 3.63) is 78.2 Å². The summed E-state index contributed by atoms with van der Waals surface area (Å²) in [5.74, 6) is 0.824. The summed E-state index contributed by atoms with van der Waals surface area (Å²) in [6.45, 7) is 4.17. The van der Waals surface area contributed by atoms with Crippen LogP contribution in [0.1, 0.15) is 12.0 Å². The number of aromatic nitrogens is 5. The number of ketones is 1. The summed E-state index contributed by atoms with van der Waals surface area (Å²) in [5, 5.41) is 8.50. The molecule has 1 amide bonds. The van der Waals surface area contributed by atoms with E-state index in [0.29, 0.717) is 38.4 Å². The SMILES string of the molecule is CO[C@@]1(C(=O)Cc2ccc3[nH]nc(-c4cncs4)c3c2)CCN(CC(=O)N2CCN(c3ccc(-c4ncccn4)cc3)CC2)C1. The van der Waals surface area contributed by atoms with Crippen molar-refractivity contribution in [1.29, 1.82) is 0 Å². The zero-order valence-corrected chi connectivity index (χ0v) is 25.9. The second-order valence-electron chi connectivity index (χ2n) is 11.6. The zero-order valence-electron chi connectivity index (χ0n) is 25.1. The molecular formula is C33H34N8O3S. The number of carbonyl (C=O) groups excluding carboxylic acids is 2. The van der Waals surface area contributed by atoms with Crippen LogP contribution in [-0.4, -0.2) is 105 Å². The minimum Gasteiger partial charge on any atom is -0.369 e. The lowest BCUT2D eigenvalue weighted by Gasteiger charge is -2.37. The van der Waals surface area contributed by atoms with Gasteiger partial charge < -0.3 is 14.5 Å². The highest BCUT2D eigenvalue weighted by Crippen LogP contribution is 2.31. The molecule has 7 rings (SSSR count). The molecule has 1 atom stereocenters. The average molecular weight is 623 g/mol. The number of amides is 1. The lowest BCUT2D eigenvalue weighted by atomic mass is 9.91. The van der Waals surface area contributed by atoms with Gasteiger partial charge in [0.1, 0.15) is 11.3 Å². The van der Waals surface area contributed by atoms with Gasteiger partial charge in [0.15, 0.2) is 11.6 Å². The van der Waals surface area contributed by atoms with Crippen LogP contribution in [0.15, 0.2) is 72.6 Å². The third-order valence-electron chi connectivity index (χ3n) is 8.92. The molecule has 3 aromatic heterocycles. The molecule has 11 nitrogen and oxygen atoms in total. The molecular weight excluding hydrogens is 588 g/mol. The van der Waals surface area contributed by atoms with Crippen molar-refractivity contribution in [3.8, 4) is 22.0 Å². The summed E-state index contributed by atoms with van der Waals surface area (Å²) in [7, 11) is 1.60. The number of ether oxygens (including phenoxy) is 1. The number of aromatic amines is 1. The van der Waals surface area contributed by atoms with Gasteiger partial charge in [-0.2, -0.15) is 5.10 Å². The normalized spacial score (nSPS) is 19.0. The highest BCUT2D eigenvalue weighted by atomic mass is 32.1. The fourth-order valence-corrected chi connectivity index (χ4v) is 6.94. The molecule has 5 heterocycles. The molecule has 2 aliphatic heterocycles. The van der Waals surface area contributed by atoms with E-state index in [9.17, 15) is 9.59 Å². The Balaban J connectivity index is 0.933. The van der Waals surface area contributed by atoms with E-state index in [1.807, 2.05) is 35.2 Å². The van der Waals surface area contributed by atoms with E-state index >= 15 is 0 Å². The standard InChI is InChI=1S/C33H34N8O3S/c1-44-33(29(42)18-23-3-8-27-26(17-23)31(38-37-27)28-19-34-22-45-28)9-12-39(21-33)20-30(43)41-15-13-40(14-16-41)25-6-4-24(5-7-25)32-35-10-2-11-36-32/h2-8,10-11,17,19,22H,9,12-16,18,20-21H2,1H3,(H,37,38)/t33-/m0/s1. The van der Waals surface area contributed by atoms with E-state index in [2.05, 4.69) is 47.1 Å².